The number of nitrogens with one attached hydrogen (secondary N) is 1. The molecule has 0 radical (unpaired) electrons. The summed E-state index contributed by atoms with van der Waals surface area (Å²) in [5, 5.41) is 10.6. The number of nitrogens with two attached hydrogens (primary N) is 1. The average Bonchev–Trinajstić information content (AvgIpc) is 2.42. The van der Waals surface area contributed by atoms with Crippen LogP contribution in [0.2, 0.25) is 0 Å². The van der Waals surface area contributed by atoms with Crippen molar-refractivity contribution in [3.8, 4) is 5.75 Å². The SMILES string of the molecule is COc1cc([N+](=O)[O-])ccc1S(=O)(=O)NCCCCN. The molecule has 0 heterocycles. The molecule has 0 unspecified atom stereocenters. The van der Waals surface area contributed by atoms with Gasteiger partial charge in [0.2, 0.25) is 10.0 Å². The summed E-state index contributed by atoms with van der Waals surface area (Å²) in [6.07, 6.45) is 1.32. The Labute approximate surface area is 117 Å². The number of nitro groups is 1. The first-order valence-electron chi connectivity index (χ1n) is 5.94. The minimum Gasteiger partial charge on any atom is -0.495 e. The molecule has 0 aliphatic heterocycles. The van der Waals surface area contributed by atoms with Crippen molar-refractivity contribution < 1.29 is 18.1 Å². The Morgan fingerprint density at radius 3 is 2.65 bits per heavy atom. The maximum absolute atomic E-state index is 12.1. The van der Waals surface area contributed by atoms with E-state index in [0.717, 1.165) is 18.2 Å². The Kier molecular flexibility index (Phi) is 5.86. The fourth-order valence-corrected chi connectivity index (χ4v) is 2.77. The van der Waals surface area contributed by atoms with Crippen LogP contribution in [0, 0.1) is 10.1 Å². The number of nitrogens with zero attached hydrogens (tertiary/aromatic N) is 1. The van der Waals surface area contributed by atoms with Crippen molar-refractivity contribution in [2.24, 2.45) is 5.73 Å². The summed E-state index contributed by atoms with van der Waals surface area (Å²) in [6.45, 7) is 0.738. The first-order valence-corrected chi connectivity index (χ1v) is 7.43. The van der Waals surface area contributed by atoms with E-state index in [1.807, 2.05) is 0 Å². The normalized spacial score (nSPS) is 11.3. The van der Waals surface area contributed by atoms with Crippen LogP contribution in [-0.2, 0) is 10.0 Å². The van der Waals surface area contributed by atoms with Crippen LogP contribution in [0.1, 0.15) is 12.8 Å². The predicted molar refractivity (Wildman–Crippen MR) is 73.1 cm³/mol. The first-order chi connectivity index (χ1) is 9.42. The number of hydrogen-bond acceptors (Lipinski definition) is 6. The van der Waals surface area contributed by atoms with E-state index in [4.69, 9.17) is 10.5 Å². The second-order valence-corrected chi connectivity index (χ2v) is 5.72. The van der Waals surface area contributed by atoms with Crippen molar-refractivity contribution in [2.75, 3.05) is 20.2 Å². The van der Waals surface area contributed by atoms with Gasteiger partial charge in [-0.15, -0.1) is 0 Å². The van der Waals surface area contributed by atoms with Gasteiger partial charge in [-0.3, -0.25) is 10.1 Å². The molecule has 0 amide bonds. The van der Waals surface area contributed by atoms with Crippen molar-refractivity contribution in [3.05, 3.63) is 28.3 Å². The lowest BCUT2D eigenvalue weighted by atomic mass is 10.3. The molecule has 1 aromatic rings. The van der Waals surface area contributed by atoms with E-state index in [-0.39, 0.29) is 22.9 Å². The largest absolute Gasteiger partial charge is 0.495 e. The third-order valence-corrected chi connectivity index (χ3v) is 4.07. The van der Waals surface area contributed by atoms with Gasteiger partial charge in [0.05, 0.1) is 18.1 Å². The molecule has 1 rings (SSSR count). The highest BCUT2D eigenvalue weighted by molar-refractivity contribution is 7.89. The summed E-state index contributed by atoms with van der Waals surface area (Å²) in [7, 11) is -2.51. The molecule has 0 saturated heterocycles. The molecule has 0 spiro atoms. The van der Waals surface area contributed by atoms with Crippen LogP contribution in [-0.4, -0.2) is 33.5 Å². The van der Waals surface area contributed by atoms with Gasteiger partial charge in [0.15, 0.2) is 0 Å². The van der Waals surface area contributed by atoms with Gasteiger partial charge in [0.25, 0.3) is 5.69 Å². The zero-order chi connectivity index (χ0) is 15.2. The fraction of sp³-hybridized carbons (Fsp3) is 0.455. The van der Waals surface area contributed by atoms with Crippen molar-refractivity contribution >= 4 is 15.7 Å². The predicted octanol–water partition coefficient (Wildman–Crippen LogP) is 0.621. The zero-order valence-electron chi connectivity index (χ0n) is 11.0. The smallest absolute Gasteiger partial charge is 0.273 e. The highest BCUT2D eigenvalue weighted by atomic mass is 32.2. The number of unbranched alkanes of at least 4 members (excludes halogenated alkanes) is 1. The molecule has 1 aromatic carbocycles. The quantitative estimate of drug-likeness (QED) is 0.412. The lowest BCUT2D eigenvalue weighted by Gasteiger charge is -2.10. The summed E-state index contributed by atoms with van der Waals surface area (Å²) in [5.41, 5.74) is 5.09. The second-order valence-electron chi connectivity index (χ2n) is 3.99. The van der Waals surface area contributed by atoms with Crippen molar-refractivity contribution in [2.45, 2.75) is 17.7 Å². The molecule has 8 nitrogen and oxygen atoms in total. The second kappa shape index (κ2) is 7.17. The summed E-state index contributed by atoms with van der Waals surface area (Å²) in [5.74, 6) is -0.0643. The van der Waals surface area contributed by atoms with Gasteiger partial charge in [0, 0.05) is 12.6 Å². The molecule has 9 heteroatoms. The highest BCUT2D eigenvalue weighted by Crippen LogP contribution is 2.28. The van der Waals surface area contributed by atoms with Gasteiger partial charge in [0.1, 0.15) is 10.6 Å². The number of nitro benzene ring substituents is 1. The van der Waals surface area contributed by atoms with Crippen molar-refractivity contribution in [1.29, 1.82) is 0 Å². The number of benzene rings is 1. The minimum atomic E-state index is -3.76. The maximum Gasteiger partial charge on any atom is 0.273 e. The van der Waals surface area contributed by atoms with Crippen LogP contribution in [0.4, 0.5) is 5.69 Å². The molecule has 20 heavy (non-hydrogen) atoms. The van der Waals surface area contributed by atoms with E-state index in [1.54, 1.807) is 0 Å². The fourth-order valence-electron chi connectivity index (χ4n) is 1.55. The van der Waals surface area contributed by atoms with Crippen LogP contribution >= 0.6 is 0 Å². The third-order valence-electron chi connectivity index (χ3n) is 2.57. The Morgan fingerprint density at radius 1 is 1.40 bits per heavy atom. The van der Waals surface area contributed by atoms with Gasteiger partial charge in [-0.2, -0.15) is 0 Å². The lowest BCUT2D eigenvalue weighted by Crippen LogP contribution is -2.25. The molecule has 0 aliphatic carbocycles. The first kappa shape index (κ1) is 16.3. The van der Waals surface area contributed by atoms with E-state index in [2.05, 4.69) is 4.72 Å². The van der Waals surface area contributed by atoms with Gasteiger partial charge in [-0.05, 0) is 25.5 Å². The zero-order valence-corrected chi connectivity index (χ0v) is 11.9. The Hall–Kier alpha value is -1.71. The van der Waals surface area contributed by atoms with Crippen LogP contribution < -0.4 is 15.2 Å². The summed E-state index contributed by atoms with van der Waals surface area (Å²) < 4.78 is 31.4. The van der Waals surface area contributed by atoms with Crippen LogP contribution in [0.25, 0.3) is 0 Å². The molecule has 0 fully saturated rings. The van der Waals surface area contributed by atoms with Crippen molar-refractivity contribution in [3.63, 3.8) is 0 Å². The third kappa shape index (κ3) is 4.15. The molecule has 0 aliphatic rings. The number of rotatable bonds is 8. The van der Waals surface area contributed by atoms with Crippen LogP contribution in [0.15, 0.2) is 23.1 Å². The number of sulfonamides is 1. The van der Waals surface area contributed by atoms with Gasteiger partial charge >= 0.3 is 0 Å². The van der Waals surface area contributed by atoms with E-state index in [0.29, 0.717) is 19.4 Å². The molecule has 0 atom stereocenters. The molecular weight excluding hydrogens is 286 g/mol. The molecule has 0 saturated carbocycles. The van der Waals surface area contributed by atoms with E-state index in [9.17, 15) is 18.5 Å². The van der Waals surface area contributed by atoms with Crippen molar-refractivity contribution in [1.82, 2.24) is 4.72 Å². The van der Waals surface area contributed by atoms with Crippen LogP contribution in [0.3, 0.4) is 0 Å². The highest BCUT2D eigenvalue weighted by Gasteiger charge is 2.21. The van der Waals surface area contributed by atoms with Gasteiger partial charge in [-0.1, -0.05) is 0 Å². The van der Waals surface area contributed by atoms with E-state index in [1.165, 1.54) is 7.11 Å². The average molecular weight is 303 g/mol. The maximum atomic E-state index is 12.1. The Bertz CT molecular complexity index is 573. The molecule has 0 aromatic heterocycles. The summed E-state index contributed by atoms with van der Waals surface area (Å²) >= 11 is 0. The number of ether oxygens (including phenoxy) is 1. The monoisotopic (exact) mass is 303 g/mol. The minimum absolute atomic E-state index is 0.0643. The lowest BCUT2D eigenvalue weighted by molar-refractivity contribution is -0.385. The topological polar surface area (TPSA) is 125 Å². The van der Waals surface area contributed by atoms with E-state index >= 15 is 0 Å². The van der Waals surface area contributed by atoms with Gasteiger partial charge in [-0.25, -0.2) is 13.1 Å². The number of non-ortho nitro benzene ring substituents is 1. The Morgan fingerprint density at radius 2 is 2.10 bits per heavy atom. The number of hydrogen-bond donors (Lipinski definition) is 2. The molecule has 0 bridgehead atoms. The van der Waals surface area contributed by atoms with E-state index < -0.39 is 14.9 Å². The summed E-state index contributed by atoms with van der Waals surface area (Å²) in [6, 6.07) is 3.35. The van der Waals surface area contributed by atoms with Gasteiger partial charge < -0.3 is 10.5 Å². The molecule has 112 valence electrons. The standard InChI is InChI=1S/C11H17N3O5S/c1-19-10-8-9(14(15)16)4-5-11(10)20(17,18)13-7-3-2-6-12/h4-5,8,13H,2-3,6-7,12H2,1H3. The Balaban J connectivity index is 2.96. The number of methoxy groups -OCH3 is 1. The molecular formula is C11H17N3O5S. The molecule has 3 N–H and O–H groups in total. The van der Waals surface area contributed by atoms with Crippen LogP contribution in [0.5, 0.6) is 5.75 Å². The summed E-state index contributed by atoms with van der Waals surface area (Å²) in [4.78, 5) is 9.90.